The maximum Gasteiger partial charge on any atom is 0.313 e. The van der Waals surface area contributed by atoms with E-state index in [-0.39, 0.29) is 11.8 Å². The number of para-hydroxylation sites is 1. The number of nitrogens with zero attached hydrogens (tertiary/aromatic N) is 1. The Hall–Kier alpha value is -2.18. The number of ketones is 1. The van der Waals surface area contributed by atoms with E-state index in [1.165, 1.54) is 11.3 Å². The van der Waals surface area contributed by atoms with Crippen LogP contribution in [0, 0.1) is 5.41 Å². The summed E-state index contributed by atoms with van der Waals surface area (Å²) in [5.74, 6) is 0.782. The van der Waals surface area contributed by atoms with Crippen LogP contribution >= 0.6 is 11.3 Å². The number of hydrogen-bond donors (Lipinski definition) is 0. The molecule has 1 unspecified atom stereocenters. The van der Waals surface area contributed by atoms with Crippen molar-refractivity contribution in [3.05, 3.63) is 52.2 Å². The number of benzene rings is 1. The van der Waals surface area contributed by atoms with E-state index in [0.717, 1.165) is 42.1 Å². The van der Waals surface area contributed by atoms with Gasteiger partial charge in [-0.2, -0.15) is 0 Å². The van der Waals surface area contributed by atoms with Gasteiger partial charge in [-0.3, -0.25) is 14.5 Å². The van der Waals surface area contributed by atoms with Crippen LogP contribution in [0.4, 0.5) is 0 Å². The van der Waals surface area contributed by atoms with Gasteiger partial charge in [0.1, 0.15) is 5.75 Å². The van der Waals surface area contributed by atoms with E-state index in [1.54, 1.807) is 6.92 Å². The summed E-state index contributed by atoms with van der Waals surface area (Å²) < 4.78 is 11.3. The maximum atomic E-state index is 12.9. The number of piperidine rings is 1. The molecule has 2 aromatic rings. The number of carbonyl (C=O) groups excluding carboxylic acids is 2. The van der Waals surface area contributed by atoms with Gasteiger partial charge in [-0.1, -0.05) is 18.2 Å². The third-order valence-electron chi connectivity index (χ3n) is 5.36. The van der Waals surface area contributed by atoms with Crippen LogP contribution in [0.5, 0.6) is 5.75 Å². The van der Waals surface area contributed by atoms with Crippen molar-refractivity contribution < 1.29 is 19.1 Å². The quantitative estimate of drug-likeness (QED) is 0.444. The molecule has 29 heavy (non-hydrogen) atoms. The molecule has 5 nitrogen and oxygen atoms in total. The summed E-state index contributed by atoms with van der Waals surface area (Å²) in [7, 11) is 0. The Labute approximate surface area is 176 Å². The summed E-state index contributed by atoms with van der Waals surface area (Å²) in [5, 5.41) is 2.04. The van der Waals surface area contributed by atoms with Gasteiger partial charge in [0.25, 0.3) is 0 Å². The number of likely N-dealkylation sites (tertiary alicyclic amines) is 1. The SMILES string of the molecule is CCOC(=O)C1(CCOc2ccccc2)CCCN(Cc2csc(C(C)=O)c2)C1. The summed E-state index contributed by atoms with van der Waals surface area (Å²) in [6, 6.07) is 11.6. The molecular weight excluding hydrogens is 386 g/mol. The highest BCUT2D eigenvalue weighted by molar-refractivity contribution is 7.12. The van der Waals surface area contributed by atoms with Gasteiger partial charge in [-0.15, -0.1) is 11.3 Å². The molecular formula is C23H29NO4S. The van der Waals surface area contributed by atoms with Crippen molar-refractivity contribution in [2.45, 2.75) is 39.7 Å². The lowest BCUT2D eigenvalue weighted by Gasteiger charge is -2.41. The first kappa shape index (κ1) is 21.5. The third kappa shape index (κ3) is 5.67. The van der Waals surface area contributed by atoms with Crippen molar-refractivity contribution in [1.82, 2.24) is 4.90 Å². The Morgan fingerprint density at radius 1 is 1.24 bits per heavy atom. The molecule has 2 heterocycles. The molecule has 0 spiro atoms. The lowest BCUT2D eigenvalue weighted by Crippen LogP contribution is -2.49. The van der Waals surface area contributed by atoms with Gasteiger partial charge in [0.2, 0.25) is 0 Å². The molecule has 156 valence electrons. The van der Waals surface area contributed by atoms with Crippen molar-refractivity contribution in [2.75, 3.05) is 26.3 Å². The summed E-state index contributed by atoms with van der Waals surface area (Å²) in [6.45, 7) is 6.62. The number of rotatable bonds is 9. The largest absolute Gasteiger partial charge is 0.494 e. The summed E-state index contributed by atoms with van der Waals surface area (Å²) in [4.78, 5) is 27.6. The molecule has 0 bridgehead atoms. The number of hydrogen-bond acceptors (Lipinski definition) is 6. The van der Waals surface area contributed by atoms with E-state index in [1.807, 2.05) is 48.7 Å². The first-order valence-electron chi connectivity index (χ1n) is 10.2. The Balaban J connectivity index is 1.67. The van der Waals surface area contributed by atoms with E-state index in [4.69, 9.17) is 9.47 Å². The summed E-state index contributed by atoms with van der Waals surface area (Å²) in [5.41, 5.74) is 0.572. The van der Waals surface area contributed by atoms with Crippen LogP contribution in [0.3, 0.4) is 0 Å². The lowest BCUT2D eigenvalue weighted by atomic mass is 9.77. The van der Waals surface area contributed by atoms with Gasteiger partial charge in [0.15, 0.2) is 5.78 Å². The van der Waals surface area contributed by atoms with Crippen molar-refractivity contribution in [3.63, 3.8) is 0 Å². The number of Topliss-reactive ketones (excluding diaryl/α,β-unsaturated/α-hetero) is 1. The van der Waals surface area contributed by atoms with Crippen LogP contribution in [0.2, 0.25) is 0 Å². The van der Waals surface area contributed by atoms with Gasteiger partial charge in [0, 0.05) is 13.1 Å². The van der Waals surface area contributed by atoms with Crippen LogP contribution in [0.15, 0.2) is 41.8 Å². The fourth-order valence-corrected chi connectivity index (χ4v) is 4.71. The molecule has 1 aromatic heterocycles. The molecule has 1 saturated heterocycles. The first-order chi connectivity index (χ1) is 14.0. The van der Waals surface area contributed by atoms with Crippen LogP contribution < -0.4 is 4.74 Å². The smallest absolute Gasteiger partial charge is 0.313 e. The average Bonchev–Trinajstić information content (AvgIpc) is 3.18. The molecule has 1 aromatic carbocycles. The zero-order valence-electron chi connectivity index (χ0n) is 17.2. The van der Waals surface area contributed by atoms with Gasteiger partial charge >= 0.3 is 5.97 Å². The second-order valence-electron chi connectivity index (χ2n) is 7.60. The second kappa shape index (κ2) is 10.0. The van der Waals surface area contributed by atoms with Crippen LogP contribution in [-0.2, 0) is 16.1 Å². The van der Waals surface area contributed by atoms with Crippen LogP contribution in [0.25, 0.3) is 0 Å². The first-order valence-corrected chi connectivity index (χ1v) is 11.1. The van der Waals surface area contributed by atoms with Crippen molar-refractivity contribution in [2.24, 2.45) is 5.41 Å². The number of ether oxygens (including phenoxy) is 2. The fraction of sp³-hybridized carbons (Fsp3) is 0.478. The minimum absolute atomic E-state index is 0.0961. The zero-order chi connectivity index (χ0) is 20.7. The second-order valence-corrected chi connectivity index (χ2v) is 8.51. The fourth-order valence-electron chi connectivity index (χ4n) is 3.90. The predicted octanol–water partition coefficient (Wildman–Crippen LogP) is 4.57. The average molecular weight is 416 g/mol. The van der Waals surface area contributed by atoms with Crippen LogP contribution in [-0.4, -0.2) is 43.0 Å². The molecule has 1 aliphatic rings. The number of carbonyl (C=O) groups is 2. The summed E-state index contributed by atoms with van der Waals surface area (Å²) in [6.07, 6.45) is 2.37. The molecule has 1 atom stereocenters. The minimum Gasteiger partial charge on any atom is -0.494 e. The van der Waals surface area contributed by atoms with Crippen molar-refractivity contribution >= 4 is 23.1 Å². The van der Waals surface area contributed by atoms with E-state index in [9.17, 15) is 9.59 Å². The molecule has 1 aliphatic heterocycles. The van der Waals surface area contributed by atoms with E-state index < -0.39 is 5.41 Å². The van der Waals surface area contributed by atoms with Crippen molar-refractivity contribution in [3.8, 4) is 5.75 Å². The zero-order valence-corrected chi connectivity index (χ0v) is 18.0. The maximum absolute atomic E-state index is 12.9. The normalized spacial score (nSPS) is 19.7. The van der Waals surface area contributed by atoms with E-state index >= 15 is 0 Å². The highest BCUT2D eigenvalue weighted by Crippen LogP contribution is 2.36. The van der Waals surface area contributed by atoms with Crippen molar-refractivity contribution in [1.29, 1.82) is 0 Å². The highest BCUT2D eigenvalue weighted by atomic mass is 32.1. The Bertz CT molecular complexity index is 819. The Morgan fingerprint density at radius 2 is 2.03 bits per heavy atom. The third-order valence-corrected chi connectivity index (χ3v) is 6.44. The number of esters is 1. The van der Waals surface area contributed by atoms with E-state index in [0.29, 0.717) is 26.2 Å². The molecule has 0 aliphatic carbocycles. The predicted molar refractivity (Wildman–Crippen MR) is 114 cm³/mol. The lowest BCUT2D eigenvalue weighted by molar-refractivity contribution is -0.160. The molecule has 0 saturated carbocycles. The molecule has 3 rings (SSSR count). The minimum atomic E-state index is -0.553. The Morgan fingerprint density at radius 3 is 2.72 bits per heavy atom. The van der Waals surface area contributed by atoms with Gasteiger partial charge in [0.05, 0.1) is 23.5 Å². The molecule has 0 N–H and O–H groups in total. The molecule has 0 radical (unpaired) electrons. The van der Waals surface area contributed by atoms with Gasteiger partial charge < -0.3 is 9.47 Å². The van der Waals surface area contributed by atoms with Gasteiger partial charge in [-0.25, -0.2) is 0 Å². The molecule has 6 heteroatoms. The molecule has 0 amide bonds. The van der Waals surface area contributed by atoms with Gasteiger partial charge in [-0.05, 0) is 68.8 Å². The standard InChI is InChI=1S/C23H29NO4S/c1-3-27-22(26)23(11-13-28-20-8-5-4-6-9-20)10-7-12-24(17-23)15-19-14-21(18(2)25)29-16-19/h4-6,8-9,14,16H,3,7,10-13,15,17H2,1-2H3. The van der Waals surface area contributed by atoms with Crippen LogP contribution in [0.1, 0.15) is 48.3 Å². The monoisotopic (exact) mass is 415 g/mol. The Kier molecular flexibility index (Phi) is 7.45. The summed E-state index contributed by atoms with van der Waals surface area (Å²) >= 11 is 1.48. The number of thiophene rings is 1. The highest BCUT2D eigenvalue weighted by Gasteiger charge is 2.43. The topological polar surface area (TPSA) is 55.8 Å². The molecule has 1 fully saturated rings. The van der Waals surface area contributed by atoms with E-state index in [2.05, 4.69) is 4.90 Å².